The van der Waals surface area contributed by atoms with Gasteiger partial charge in [-0.1, -0.05) is 0 Å². The molecule has 0 radical (unpaired) electrons. The van der Waals surface area contributed by atoms with Gasteiger partial charge < -0.3 is 9.47 Å². The van der Waals surface area contributed by atoms with E-state index >= 15 is 0 Å². The standard InChI is InChI=1S/C13H13N3O3/c1-18-11-5-3-9(4-6-11)16-10(8-14)7-12(15-16)13(17)19-2/h3-6,10H,7H2,1-2H3. The summed E-state index contributed by atoms with van der Waals surface area (Å²) in [5.41, 5.74) is 0.983. The first-order valence-electron chi connectivity index (χ1n) is 5.68. The number of benzene rings is 1. The largest absolute Gasteiger partial charge is 0.497 e. The van der Waals surface area contributed by atoms with E-state index in [1.807, 2.05) is 0 Å². The van der Waals surface area contributed by atoms with Crippen LogP contribution in [0.2, 0.25) is 0 Å². The van der Waals surface area contributed by atoms with Crippen LogP contribution >= 0.6 is 0 Å². The molecular weight excluding hydrogens is 246 g/mol. The number of esters is 1. The van der Waals surface area contributed by atoms with E-state index in [1.54, 1.807) is 31.4 Å². The van der Waals surface area contributed by atoms with Crippen LogP contribution in [-0.2, 0) is 9.53 Å². The third kappa shape index (κ3) is 2.50. The highest BCUT2D eigenvalue weighted by Gasteiger charge is 2.31. The third-order valence-electron chi connectivity index (χ3n) is 2.82. The minimum absolute atomic E-state index is 0.255. The predicted octanol–water partition coefficient (Wildman–Crippen LogP) is 1.33. The Morgan fingerprint density at radius 3 is 2.63 bits per heavy atom. The number of nitrogens with zero attached hydrogens (tertiary/aromatic N) is 3. The molecule has 0 N–H and O–H groups in total. The van der Waals surface area contributed by atoms with Gasteiger partial charge in [-0.3, -0.25) is 0 Å². The van der Waals surface area contributed by atoms with Gasteiger partial charge in [-0.25, -0.2) is 9.80 Å². The van der Waals surface area contributed by atoms with Crippen molar-refractivity contribution < 1.29 is 14.3 Å². The van der Waals surface area contributed by atoms with Crippen molar-refractivity contribution in [2.45, 2.75) is 12.5 Å². The molecule has 98 valence electrons. The summed E-state index contributed by atoms with van der Waals surface area (Å²) in [6.45, 7) is 0. The van der Waals surface area contributed by atoms with Crippen LogP contribution in [-0.4, -0.2) is 31.9 Å². The second-order valence-corrected chi connectivity index (χ2v) is 3.93. The van der Waals surface area contributed by atoms with Gasteiger partial charge in [0, 0.05) is 6.42 Å². The van der Waals surface area contributed by atoms with Gasteiger partial charge in [-0.05, 0) is 24.3 Å². The second kappa shape index (κ2) is 5.40. The van der Waals surface area contributed by atoms with E-state index in [-0.39, 0.29) is 12.1 Å². The zero-order chi connectivity index (χ0) is 13.8. The third-order valence-corrected chi connectivity index (χ3v) is 2.82. The Bertz CT molecular complexity index is 545. The van der Waals surface area contributed by atoms with Crippen LogP contribution in [0, 0.1) is 11.3 Å². The van der Waals surface area contributed by atoms with E-state index < -0.39 is 12.0 Å². The van der Waals surface area contributed by atoms with E-state index in [0.29, 0.717) is 5.75 Å². The van der Waals surface area contributed by atoms with E-state index in [9.17, 15) is 4.79 Å². The first kappa shape index (κ1) is 12.9. The first-order valence-corrected chi connectivity index (χ1v) is 5.68. The second-order valence-electron chi connectivity index (χ2n) is 3.93. The van der Waals surface area contributed by atoms with Crippen LogP contribution in [0.15, 0.2) is 29.4 Å². The molecule has 1 aliphatic rings. The van der Waals surface area contributed by atoms with Gasteiger partial charge in [0.05, 0.1) is 26.0 Å². The fraction of sp³-hybridized carbons (Fsp3) is 0.308. The Labute approximate surface area is 110 Å². The van der Waals surface area contributed by atoms with Gasteiger partial charge in [0.25, 0.3) is 0 Å². The molecule has 1 unspecified atom stereocenters. The summed E-state index contributed by atoms with van der Waals surface area (Å²) < 4.78 is 9.69. The van der Waals surface area contributed by atoms with Crippen molar-refractivity contribution in [3.63, 3.8) is 0 Å². The lowest BCUT2D eigenvalue weighted by molar-refractivity contribution is -0.132. The van der Waals surface area contributed by atoms with Crippen LogP contribution in [0.25, 0.3) is 0 Å². The topological polar surface area (TPSA) is 74.9 Å². The average Bonchev–Trinajstić information content (AvgIpc) is 2.90. The molecule has 0 saturated carbocycles. The maximum Gasteiger partial charge on any atom is 0.354 e. The first-order chi connectivity index (χ1) is 9.19. The minimum atomic E-state index is -0.503. The summed E-state index contributed by atoms with van der Waals surface area (Å²) in [5.74, 6) is 0.213. The molecule has 1 aromatic carbocycles. The maximum absolute atomic E-state index is 11.4. The number of methoxy groups -OCH3 is 2. The van der Waals surface area contributed by atoms with Crippen LogP contribution in [0.5, 0.6) is 5.75 Å². The molecule has 0 aromatic heterocycles. The Morgan fingerprint density at radius 2 is 2.11 bits per heavy atom. The zero-order valence-electron chi connectivity index (χ0n) is 10.7. The molecule has 1 heterocycles. The highest BCUT2D eigenvalue weighted by molar-refractivity contribution is 6.37. The number of carbonyl (C=O) groups is 1. The van der Waals surface area contributed by atoms with Crippen molar-refractivity contribution in [2.24, 2.45) is 5.10 Å². The average molecular weight is 259 g/mol. The number of ether oxygens (including phenoxy) is 2. The van der Waals surface area contributed by atoms with Crippen LogP contribution < -0.4 is 9.75 Å². The Kier molecular flexibility index (Phi) is 3.66. The molecule has 1 atom stereocenters. The fourth-order valence-electron chi connectivity index (χ4n) is 1.83. The van der Waals surface area contributed by atoms with Crippen LogP contribution in [0.4, 0.5) is 5.69 Å². The molecule has 1 aromatic rings. The molecule has 1 aliphatic heterocycles. The van der Waals surface area contributed by atoms with Gasteiger partial charge in [0.15, 0.2) is 0 Å². The Balaban J connectivity index is 2.28. The summed E-state index contributed by atoms with van der Waals surface area (Å²) in [6.07, 6.45) is 0.259. The summed E-state index contributed by atoms with van der Waals surface area (Å²) in [7, 11) is 2.87. The summed E-state index contributed by atoms with van der Waals surface area (Å²) in [6, 6.07) is 8.74. The molecule has 19 heavy (non-hydrogen) atoms. The SMILES string of the molecule is COC(=O)C1=NN(c2ccc(OC)cc2)C(C#N)C1. The Morgan fingerprint density at radius 1 is 1.42 bits per heavy atom. The highest BCUT2D eigenvalue weighted by atomic mass is 16.5. The number of rotatable bonds is 3. The molecular formula is C13H13N3O3. The molecule has 0 spiro atoms. The number of hydrogen-bond donors (Lipinski definition) is 0. The zero-order valence-corrected chi connectivity index (χ0v) is 10.7. The van der Waals surface area contributed by atoms with Crippen molar-refractivity contribution in [2.75, 3.05) is 19.2 Å². The van der Waals surface area contributed by atoms with Crippen LogP contribution in [0.1, 0.15) is 6.42 Å². The molecule has 6 nitrogen and oxygen atoms in total. The van der Waals surface area contributed by atoms with Crippen molar-refractivity contribution in [1.29, 1.82) is 5.26 Å². The lowest BCUT2D eigenvalue weighted by atomic mass is 10.1. The van der Waals surface area contributed by atoms with Gasteiger partial charge in [0.1, 0.15) is 17.5 Å². The van der Waals surface area contributed by atoms with Crippen molar-refractivity contribution in [1.82, 2.24) is 0 Å². The summed E-state index contributed by atoms with van der Waals surface area (Å²) in [4.78, 5) is 11.4. The number of nitriles is 1. The van der Waals surface area contributed by atoms with Crippen molar-refractivity contribution >= 4 is 17.4 Å². The predicted molar refractivity (Wildman–Crippen MR) is 68.9 cm³/mol. The maximum atomic E-state index is 11.4. The molecule has 0 fully saturated rings. The van der Waals surface area contributed by atoms with E-state index in [2.05, 4.69) is 15.9 Å². The normalized spacial score (nSPS) is 17.6. The van der Waals surface area contributed by atoms with E-state index in [0.717, 1.165) is 5.69 Å². The van der Waals surface area contributed by atoms with Gasteiger partial charge in [-0.15, -0.1) is 0 Å². The molecule has 0 saturated heterocycles. The summed E-state index contributed by atoms with van der Waals surface area (Å²) in [5, 5.41) is 14.8. The highest BCUT2D eigenvalue weighted by Crippen LogP contribution is 2.26. The van der Waals surface area contributed by atoms with Crippen molar-refractivity contribution in [3.8, 4) is 11.8 Å². The molecule has 0 aliphatic carbocycles. The quantitative estimate of drug-likeness (QED) is 0.765. The van der Waals surface area contributed by atoms with Gasteiger partial charge in [-0.2, -0.15) is 10.4 Å². The van der Waals surface area contributed by atoms with E-state index in [4.69, 9.17) is 10.00 Å². The number of anilines is 1. The van der Waals surface area contributed by atoms with Gasteiger partial charge in [0.2, 0.25) is 0 Å². The Hall–Kier alpha value is -2.55. The minimum Gasteiger partial charge on any atom is -0.497 e. The summed E-state index contributed by atoms with van der Waals surface area (Å²) >= 11 is 0. The fourth-order valence-corrected chi connectivity index (χ4v) is 1.83. The number of hydrogen-bond acceptors (Lipinski definition) is 6. The lowest BCUT2D eigenvalue weighted by Crippen LogP contribution is -2.24. The molecule has 0 bridgehead atoms. The molecule has 6 heteroatoms. The monoisotopic (exact) mass is 259 g/mol. The molecule has 0 amide bonds. The van der Waals surface area contributed by atoms with Crippen LogP contribution in [0.3, 0.4) is 0 Å². The van der Waals surface area contributed by atoms with Crippen molar-refractivity contribution in [3.05, 3.63) is 24.3 Å². The number of carbonyl (C=O) groups excluding carboxylic acids is 1. The van der Waals surface area contributed by atoms with Gasteiger partial charge >= 0.3 is 5.97 Å². The number of hydrazone groups is 1. The molecule has 2 rings (SSSR count). The smallest absolute Gasteiger partial charge is 0.354 e. The van der Waals surface area contributed by atoms with E-state index in [1.165, 1.54) is 12.1 Å². The lowest BCUT2D eigenvalue weighted by Gasteiger charge is -2.17.